The number of methoxy groups -OCH3 is 2. The molecule has 1 heterocycles. The molecule has 2 fully saturated rings. The number of aliphatic hydroxyl groups is 1. The summed E-state index contributed by atoms with van der Waals surface area (Å²) in [7, 11) is 2.31. The SMILES string of the molecule is COC(=O)O[C@]1(C(=O)OC)C[C@@H](O)[C@@H]2OC(C)(C)O[C@@H]2C1. The molecule has 4 atom stereocenters. The van der Waals surface area contributed by atoms with Crippen LogP contribution in [0.4, 0.5) is 4.79 Å². The Morgan fingerprint density at radius 1 is 1.14 bits per heavy atom. The first-order valence-electron chi connectivity index (χ1n) is 6.62. The van der Waals surface area contributed by atoms with E-state index in [-0.39, 0.29) is 12.8 Å². The van der Waals surface area contributed by atoms with Crippen molar-refractivity contribution >= 4 is 12.1 Å². The maximum absolute atomic E-state index is 12.1. The fraction of sp³-hybridized carbons (Fsp3) is 0.846. The highest BCUT2D eigenvalue weighted by Gasteiger charge is 2.59. The smallest absolute Gasteiger partial charge is 0.466 e. The van der Waals surface area contributed by atoms with Gasteiger partial charge < -0.3 is 28.8 Å². The number of hydrogen-bond acceptors (Lipinski definition) is 8. The third-order valence-electron chi connectivity index (χ3n) is 3.67. The highest BCUT2D eigenvalue weighted by Crippen LogP contribution is 2.43. The van der Waals surface area contributed by atoms with Gasteiger partial charge in [-0.15, -0.1) is 0 Å². The van der Waals surface area contributed by atoms with E-state index >= 15 is 0 Å². The molecule has 0 bridgehead atoms. The van der Waals surface area contributed by atoms with E-state index in [1.54, 1.807) is 13.8 Å². The maximum atomic E-state index is 12.1. The van der Waals surface area contributed by atoms with Crippen LogP contribution in [-0.4, -0.2) is 61.2 Å². The summed E-state index contributed by atoms with van der Waals surface area (Å²) in [5.41, 5.74) is -1.65. The molecule has 1 saturated heterocycles. The van der Waals surface area contributed by atoms with Crippen molar-refractivity contribution in [3.8, 4) is 0 Å². The highest BCUT2D eigenvalue weighted by atomic mass is 16.8. The third-order valence-corrected chi connectivity index (χ3v) is 3.67. The van der Waals surface area contributed by atoms with Crippen molar-refractivity contribution in [3.63, 3.8) is 0 Å². The lowest BCUT2D eigenvalue weighted by atomic mass is 9.79. The number of carbonyl (C=O) groups excluding carboxylic acids is 2. The first-order chi connectivity index (χ1) is 9.73. The largest absolute Gasteiger partial charge is 0.509 e. The van der Waals surface area contributed by atoms with Crippen LogP contribution in [0.15, 0.2) is 0 Å². The van der Waals surface area contributed by atoms with Gasteiger partial charge in [0.05, 0.1) is 26.4 Å². The van der Waals surface area contributed by atoms with Gasteiger partial charge in [0.1, 0.15) is 6.10 Å². The molecule has 21 heavy (non-hydrogen) atoms. The Bertz CT molecular complexity index is 434. The first-order valence-corrected chi connectivity index (χ1v) is 6.62. The minimum Gasteiger partial charge on any atom is -0.466 e. The van der Waals surface area contributed by atoms with Crippen LogP contribution in [0.5, 0.6) is 0 Å². The fourth-order valence-corrected chi connectivity index (χ4v) is 2.89. The summed E-state index contributed by atoms with van der Waals surface area (Å²) in [6.07, 6.45) is -3.35. The second-order valence-electron chi connectivity index (χ2n) is 5.66. The lowest BCUT2D eigenvalue weighted by Crippen LogP contribution is -2.57. The second kappa shape index (κ2) is 5.43. The van der Waals surface area contributed by atoms with Crippen molar-refractivity contribution in [1.82, 2.24) is 0 Å². The summed E-state index contributed by atoms with van der Waals surface area (Å²) in [5, 5.41) is 10.2. The Kier molecular flexibility index (Phi) is 4.14. The second-order valence-corrected chi connectivity index (χ2v) is 5.66. The Labute approximate surface area is 122 Å². The normalized spacial score (nSPS) is 37.5. The summed E-state index contributed by atoms with van der Waals surface area (Å²) < 4.78 is 25.5. The lowest BCUT2D eigenvalue weighted by Gasteiger charge is -2.39. The van der Waals surface area contributed by atoms with E-state index < -0.39 is 41.8 Å². The Morgan fingerprint density at radius 3 is 2.38 bits per heavy atom. The molecule has 8 nitrogen and oxygen atoms in total. The van der Waals surface area contributed by atoms with E-state index in [4.69, 9.17) is 18.9 Å². The lowest BCUT2D eigenvalue weighted by molar-refractivity contribution is -0.182. The summed E-state index contributed by atoms with van der Waals surface area (Å²) >= 11 is 0. The van der Waals surface area contributed by atoms with Gasteiger partial charge in [0.15, 0.2) is 5.79 Å². The van der Waals surface area contributed by atoms with E-state index in [1.165, 1.54) is 7.11 Å². The first kappa shape index (κ1) is 16.0. The monoisotopic (exact) mass is 304 g/mol. The predicted molar refractivity (Wildman–Crippen MR) is 67.3 cm³/mol. The van der Waals surface area contributed by atoms with E-state index in [1.807, 2.05) is 0 Å². The molecule has 2 rings (SSSR count). The molecule has 0 amide bonds. The number of carbonyl (C=O) groups is 2. The van der Waals surface area contributed by atoms with Crippen molar-refractivity contribution < 1.29 is 38.4 Å². The van der Waals surface area contributed by atoms with Gasteiger partial charge in [-0.2, -0.15) is 0 Å². The molecule has 8 heteroatoms. The minimum absolute atomic E-state index is 0.0277. The van der Waals surface area contributed by atoms with E-state index in [0.717, 1.165) is 7.11 Å². The highest BCUT2D eigenvalue weighted by molar-refractivity contribution is 5.82. The molecule has 0 radical (unpaired) electrons. The zero-order valence-corrected chi connectivity index (χ0v) is 12.5. The van der Waals surface area contributed by atoms with Crippen molar-refractivity contribution in [2.24, 2.45) is 0 Å². The van der Waals surface area contributed by atoms with Crippen molar-refractivity contribution in [2.45, 2.75) is 56.4 Å². The Hall–Kier alpha value is -1.38. The van der Waals surface area contributed by atoms with E-state index in [9.17, 15) is 14.7 Å². The van der Waals surface area contributed by atoms with Crippen LogP contribution < -0.4 is 0 Å². The zero-order valence-electron chi connectivity index (χ0n) is 12.5. The maximum Gasteiger partial charge on any atom is 0.509 e. The van der Waals surface area contributed by atoms with E-state index in [0.29, 0.717) is 0 Å². The molecular weight excluding hydrogens is 284 g/mol. The van der Waals surface area contributed by atoms with Gasteiger partial charge in [-0.25, -0.2) is 9.59 Å². The molecule has 1 aliphatic carbocycles. The van der Waals surface area contributed by atoms with Crippen LogP contribution in [0.1, 0.15) is 26.7 Å². The van der Waals surface area contributed by atoms with Crippen LogP contribution in [0.3, 0.4) is 0 Å². The molecule has 0 aromatic rings. The van der Waals surface area contributed by atoms with Crippen LogP contribution in [0.25, 0.3) is 0 Å². The average Bonchev–Trinajstić information content (AvgIpc) is 2.72. The number of esters is 1. The van der Waals surface area contributed by atoms with Gasteiger partial charge >= 0.3 is 12.1 Å². The number of rotatable bonds is 2. The molecule has 0 aromatic heterocycles. The topological polar surface area (TPSA) is 101 Å². The number of aliphatic hydroxyl groups excluding tert-OH is 1. The van der Waals surface area contributed by atoms with Gasteiger partial charge in [0.2, 0.25) is 5.60 Å². The van der Waals surface area contributed by atoms with Crippen LogP contribution in [0.2, 0.25) is 0 Å². The summed E-state index contributed by atoms with van der Waals surface area (Å²) in [5.74, 6) is -1.65. The molecule has 0 unspecified atom stereocenters. The molecular formula is C13H20O8. The number of ether oxygens (including phenoxy) is 5. The molecule has 1 saturated carbocycles. The van der Waals surface area contributed by atoms with Gasteiger partial charge in [0, 0.05) is 12.8 Å². The summed E-state index contributed by atoms with van der Waals surface area (Å²) in [6.45, 7) is 3.41. The van der Waals surface area contributed by atoms with Crippen molar-refractivity contribution in [1.29, 1.82) is 0 Å². The number of hydrogen-bond donors (Lipinski definition) is 1. The Balaban J connectivity index is 2.26. The molecule has 1 aliphatic heterocycles. The van der Waals surface area contributed by atoms with Gasteiger partial charge in [0.25, 0.3) is 0 Å². The van der Waals surface area contributed by atoms with Gasteiger partial charge in [-0.05, 0) is 13.8 Å². The number of fused-ring (bicyclic) bond motifs is 1. The van der Waals surface area contributed by atoms with E-state index in [2.05, 4.69) is 4.74 Å². The van der Waals surface area contributed by atoms with Crippen LogP contribution in [0, 0.1) is 0 Å². The predicted octanol–water partition coefficient (Wildman–Crippen LogP) is 0.356. The molecule has 0 spiro atoms. The third kappa shape index (κ3) is 2.97. The average molecular weight is 304 g/mol. The zero-order chi connectivity index (χ0) is 15.8. The molecule has 0 aromatic carbocycles. The molecule has 2 aliphatic rings. The minimum atomic E-state index is -1.65. The quantitative estimate of drug-likeness (QED) is 0.730. The Morgan fingerprint density at radius 2 is 1.81 bits per heavy atom. The molecule has 1 N–H and O–H groups in total. The van der Waals surface area contributed by atoms with Crippen LogP contribution >= 0.6 is 0 Å². The fourth-order valence-electron chi connectivity index (χ4n) is 2.89. The summed E-state index contributed by atoms with van der Waals surface area (Å²) in [4.78, 5) is 23.5. The van der Waals surface area contributed by atoms with Crippen molar-refractivity contribution in [2.75, 3.05) is 14.2 Å². The van der Waals surface area contributed by atoms with Gasteiger partial charge in [-0.3, -0.25) is 0 Å². The summed E-state index contributed by atoms with van der Waals surface area (Å²) in [6, 6.07) is 0. The standard InChI is InChI=1S/C13H20O8/c1-12(2)19-8-6-13(10(15)17-3,21-11(16)18-4)5-7(14)9(8)20-12/h7-9,14H,5-6H2,1-4H3/t7-,8-,9+,13-/m1/s1. The van der Waals surface area contributed by atoms with Crippen molar-refractivity contribution in [3.05, 3.63) is 0 Å². The van der Waals surface area contributed by atoms with Gasteiger partial charge in [-0.1, -0.05) is 0 Å². The van der Waals surface area contributed by atoms with Crippen LogP contribution in [-0.2, 0) is 28.5 Å². The molecule has 120 valence electrons.